The molecular weight excluding hydrogens is 370 g/mol. The maximum Gasteiger partial charge on any atom is 0.265 e. The largest absolute Gasteiger partial charge is 0.497 e. The standard InChI is InChI=1S/C19H23N3O2S.ClH/c1-24-15-4-2-14(3-5-15)17-21-12-16(25-17)18(23)22-10-7-19(8-11-22)6-9-20-13-19;/h2-5,12,20H,6-11,13H2,1H3;1H. The van der Waals surface area contributed by atoms with Crippen LogP contribution in [-0.2, 0) is 0 Å². The lowest BCUT2D eigenvalue weighted by molar-refractivity contribution is 0.0612. The summed E-state index contributed by atoms with van der Waals surface area (Å²) in [5, 5.41) is 4.34. The third kappa shape index (κ3) is 3.72. The van der Waals surface area contributed by atoms with Crippen molar-refractivity contribution in [2.24, 2.45) is 5.41 Å². The molecule has 1 aromatic heterocycles. The van der Waals surface area contributed by atoms with Crippen LogP contribution in [0.2, 0.25) is 0 Å². The van der Waals surface area contributed by atoms with E-state index >= 15 is 0 Å². The molecule has 2 saturated heterocycles. The summed E-state index contributed by atoms with van der Waals surface area (Å²) < 4.78 is 5.19. The van der Waals surface area contributed by atoms with E-state index in [1.165, 1.54) is 17.8 Å². The van der Waals surface area contributed by atoms with Crippen LogP contribution >= 0.6 is 23.7 Å². The predicted molar refractivity (Wildman–Crippen MR) is 106 cm³/mol. The van der Waals surface area contributed by atoms with Gasteiger partial charge >= 0.3 is 0 Å². The summed E-state index contributed by atoms with van der Waals surface area (Å²) in [4.78, 5) is 20.0. The SMILES string of the molecule is COc1ccc(-c2ncc(C(=O)N3CCC4(CCNC4)CC3)s2)cc1.Cl. The van der Waals surface area contributed by atoms with Gasteiger partial charge in [0.25, 0.3) is 5.91 Å². The molecule has 4 rings (SSSR count). The molecule has 3 heterocycles. The van der Waals surface area contributed by atoms with Crippen LogP contribution in [0.5, 0.6) is 5.75 Å². The van der Waals surface area contributed by atoms with E-state index in [1.54, 1.807) is 13.3 Å². The van der Waals surface area contributed by atoms with Gasteiger partial charge in [-0.1, -0.05) is 0 Å². The molecule has 7 heteroatoms. The van der Waals surface area contributed by atoms with Crippen molar-refractivity contribution in [3.63, 3.8) is 0 Å². The number of piperidine rings is 1. The number of methoxy groups -OCH3 is 1. The van der Waals surface area contributed by atoms with Gasteiger partial charge in [-0.3, -0.25) is 4.79 Å². The Balaban J connectivity index is 0.00000196. The minimum Gasteiger partial charge on any atom is -0.497 e. The number of ether oxygens (including phenoxy) is 1. The molecule has 1 spiro atoms. The zero-order valence-electron chi connectivity index (χ0n) is 14.9. The summed E-state index contributed by atoms with van der Waals surface area (Å²) in [6.07, 6.45) is 5.18. The molecule has 0 unspecified atom stereocenters. The van der Waals surface area contributed by atoms with Gasteiger partial charge in [0.15, 0.2) is 0 Å². The summed E-state index contributed by atoms with van der Waals surface area (Å²) in [5.41, 5.74) is 1.44. The summed E-state index contributed by atoms with van der Waals surface area (Å²) in [5.74, 6) is 0.943. The zero-order chi connectivity index (χ0) is 17.3. The van der Waals surface area contributed by atoms with Crippen molar-refractivity contribution in [3.05, 3.63) is 35.3 Å². The first-order valence-electron chi connectivity index (χ1n) is 8.79. The number of aromatic nitrogens is 1. The van der Waals surface area contributed by atoms with Gasteiger partial charge in [0.2, 0.25) is 0 Å². The second-order valence-corrected chi connectivity index (χ2v) is 8.01. The van der Waals surface area contributed by atoms with E-state index in [9.17, 15) is 4.79 Å². The first-order chi connectivity index (χ1) is 12.2. The topological polar surface area (TPSA) is 54.5 Å². The molecule has 1 aromatic carbocycles. The molecule has 140 valence electrons. The second-order valence-electron chi connectivity index (χ2n) is 6.98. The van der Waals surface area contributed by atoms with E-state index in [0.717, 1.165) is 60.2 Å². The highest BCUT2D eigenvalue weighted by Gasteiger charge is 2.38. The minimum absolute atomic E-state index is 0. The molecule has 1 amide bonds. The molecule has 0 bridgehead atoms. The number of halogens is 1. The van der Waals surface area contributed by atoms with Crippen LogP contribution in [0, 0.1) is 5.41 Å². The van der Waals surface area contributed by atoms with Gasteiger partial charge in [0.1, 0.15) is 15.6 Å². The molecule has 26 heavy (non-hydrogen) atoms. The number of benzene rings is 1. The first-order valence-corrected chi connectivity index (χ1v) is 9.61. The Labute approximate surface area is 164 Å². The van der Waals surface area contributed by atoms with E-state index in [4.69, 9.17) is 4.74 Å². The van der Waals surface area contributed by atoms with Crippen LogP contribution in [0.3, 0.4) is 0 Å². The third-order valence-corrected chi connectivity index (χ3v) is 6.53. The number of nitrogens with one attached hydrogen (secondary N) is 1. The highest BCUT2D eigenvalue weighted by molar-refractivity contribution is 7.16. The molecule has 0 aliphatic carbocycles. The highest BCUT2D eigenvalue weighted by Crippen LogP contribution is 2.37. The summed E-state index contributed by atoms with van der Waals surface area (Å²) >= 11 is 1.47. The van der Waals surface area contributed by atoms with Crippen LogP contribution in [-0.4, -0.2) is 49.1 Å². The van der Waals surface area contributed by atoms with Gasteiger partial charge in [-0.05, 0) is 55.5 Å². The van der Waals surface area contributed by atoms with Gasteiger partial charge in [-0.2, -0.15) is 0 Å². The molecule has 0 atom stereocenters. The number of hydrogen-bond acceptors (Lipinski definition) is 5. The molecule has 2 aliphatic rings. The Kier molecular flexibility index (Phi) is 5.85. The normalized spacial score (nSPS) is 18.6. The fourth-order valence-electron chi connectivity index (χ4n) is 3.80. The van der Waals surface area contributed by atoms with Crippen LogP contribution in [0.25, 0.3) is 10.6 Å². The lowest BCUT2D eigenvalue weighted by atomic mass is 9.78. The summed E-state index contributed by atoms with van der Waals surface area (Å²) in [6, 6.07) is 7.78. The van der Waals surface area contributed by atoms with Crippen molar-refractivity contribution in [1.29, 1.82) is 0 Å². The van der Waals surface area contributed by atoms with Gasteiger partial charge in [0.05, 0.1) is 13.3 Å². The second kappa shape index (κ2) is 7.94. The quantitative estimate of drug-likeness (QED) is 0.867. The maximum atomic E-state index is 12.8. The van der Waals surface area contributed by atoms with Crippen molar-refractivity contribution in [2.75, 3.05) is 33.3 Å². The minimum atomic E-state index is 0. The van der Waals surface area contributed by atoms with Gasteiger partial charge < -0.3 is 15.0 Å². The monoisotopic (exact) mass is 393 g/mol. The Morgan fingerprint density at radius 2 is 1.96 bits per heavy atom. The van der Waals surface area contributed by atoms with Crippen LogP contribution < -0.4 is 10.1 Å². The van der Waals surface area contributed by atoms with Crippen LogP contribution in [0.15, 0.2) is 30.5 Å². The maximum absolute atomic E-state index is 12.8. The molecule has 2 fully saturated rings. The fourth-order valence-corrected chi connectivity index (χ4v) is 4.69. The number of carbonyl (C=O) groups is 1. The smallest absolute Gasteiger partial charge is 0.265 e. The molecule has 2 aromatic rings. The fraction of sp³-hybridized carbons (Fsp3) is 0.474. The third-order valence-electron chi connectivity index (χ3n) is 5.50. The van der Waals surface area contributed by atoms with Gasteiger partial charge in [0, 0.05) is 25.2 Å². The number of rotatable bonds is 3. The summed E-state index contributed by atoms with van der Waals surface area (Å²) in [7, 11) is 1.65. The molecule has 0 radical (unpaired) electrons. The van der Waals surface area contributed by atoms with E-state index in [1.807, 2.05) is 29.2 Å². The van der Waals surface area contributed by atoms with E-state index in [-0.39, 0.29) is 18.3 Å². The van der Waals surface area contributed by atoms with Gasteiger partial charge in [-0.15, -0.1) is 23.7 Å². The molecule has 1 N–H and O–H groups in total. The number of amides is 1. The Morgan fingerprint density at radius 1 is 1.23 bits per heavy atom. The lowest BCUT2D eigenvalue weighted by Crippen LogP contribution is -2.43. The van der Waals surface area contributed by atoms with Crippen LogP contribution in [0.4, 0.5) is 0 Å². The number of nitrogens with zero attached hydrogens (tertiary/aromatic N) is 2. The Morgan fingerprint density at radius 3 is 2.58 bits per heavy atom. The summed E-state index contributed by atoms with van der Waals surface area (Å²) in [6.45, 7) is 3.94. The van der Waals surface area contributed by atoms with Crippen molar-refractivity contribution >= 4 is 29.7 Å². The zero-order valence-corrected chi connectivity index (χ0v) is 16.5. The average Bonchev–Trinajstić information content (AvgIpc) is 3.32. The van der Waals surface area contributed by atoms with Crippen LogP contribution in [0.1, 0.15) is 28.9 Å². The number of likely N-dealkylation sites (tertiary alicyclic amines) is 1. The average molecular weight is 394 g/mol. The Bertz CT molecular complexity index is 746. The highest BCUT2D eigenvalue weighted by atomic mass is 35.5. The molecule has 2 aliphatic heterocycles. The predicted octanol–water partition coefficient (Wildman–Crippen LogP) is 3.46. The number of thiazole rings is 1. The Hall–Kier alpha value is -1.63. The van der Waals surface area contributed by atoms with Gasteiger partial charge in [-0.25, -0.2) is 4.98 Å². The first kappa shape index (κ1) is 19.1. The molecular formula is C19H24ClN3O2S. The van der Waals surface area contributed by atoms with Crippen molar-refractivity contribution in [1.82, 2.24) is 15.2 Å². The molecule has 5 nitrogen and oxygen atoms in total. The van der Waals surface area contributed by atoms with Crippen molar-refractivity contribution in [2.45, 2.75) is 19.3 Å². The van der Waals surface area contributed by atoms with E-state index in [0.29, 0.717) is 5.41 Å². The van der Waals surface area contributed by atoms with Crippen molar-refractivity contribution < 1.29 is 9.53 Å². The van der Waals surface area contributed by atoms with E-state index in [2.05, 4.69) is 10.3 Å². The molecule has 0 saturated carbocycles. The lowest BCUT2D eigenvalue weighted by Gasteiger charge is -2.38. The number of hydrogen-bond donors (Lipinski definition) is 1. The van der Waals surface area contributed by atoms with Crippen molar-refractivity contribution in [3.8, 4) is 16.3 Å². The number of carbonyl (C=O) groups excluding carboxylic acids is 1. The van der Waals surface area contributed by atoms with E-state index < -0.39 is 0 Å².